The maximum Gasteiger partial charge on any atom is 0.345 e. The highest BCUT2D eigenvalue weighted by Gasteiger charge is 2.21. The molecule has 184 valence electrons. The average molecular weight is 517 g/mol. The molecule has 6 nitrogen and oxygen atoms in total. The first-order valence-electron chi connectivity index (χ1n) is 12.0. The first kappa shape index (κ1) is 23.5. The van der Waals surface area contributed by atoms with Crippen LogP contribution in [-0.2, 0) is 0 Å². The van der Waals surface area contributed by atoms with E-state index < -0.39 is 5.63 Å². The van der Waals surface area contributed by atoms with Crippen molar-refractivity contribution in [3.8, 4) is 39.7 Å². The summed E-state index contributed by atoms with van der Waals surface area (Å²) in [4.78, 5) is 23.4. The van der Waals surface area contributed by atoms with Crippen LogP contribution in [-0.4, -0.2) is 24.1 Å². The van der Waals surface area contributed by atoms with Crippen LogP contribution in [0.15, 0.2) is 94.3 Å². The van der Waals surface area contributed by atoms with Gasteiger partial charge in [-0.05, 0) is 48.0 Å². The van der Waals surface area contributed by atoms with Gasteiger partial charge in [0.1, 0.15) is 11.7 Å². The molecule has 3 heterocycles. The van der Waals surface area contributed by atoms with E-state index in [-0.39, 0.29) is 0 Å². The minimum absolute atomic E-state index is 0.316. The van der Waals surface area contributed by atoms with Crippen LogP contribution < -0.4 is 10.5 Å². The van der Waals surface area contributed by atoms with E-state index in [0.717, 1.165) is 33.1 Å². The van der Waals surface area contributed by atoms with Crippen molar-refractivity contribution < 1.29 is 4.42 Å². The first-order chi connectivity index (χ1) is 18.4. The van der Waals surface area contributed by atoms with Gasteiger partial charge >= 0.3 is 5.63 Å². The molecule has 38 heavy (non-hydrogen) atoms. The van der Waals surface area contributed by atoms with Crippen LogP contribution in [0.5, 0.6) is 0 Å². The van der Waals surface area contributed by atoms with Gasteiger partial charge in [0, 0.05) is 64.5 Å². The van der Waals surface area contributed by atoms with Gasteiger partial charge in [-0.3, -0.25) is 0 Å². The molecular formula is C31H21ClN4O2. The minimum atomic E-state index is -0.502. The lowest BCUT2D eigenvalue weighted by Crippen LogP contribution is -2.09. The number of nitrogens with one attached hydrogen (secondary N) is 1. The molecule has 3 aromatic carbocycles. The standard InChI is InChI=1S/C31H21ClN4O2/c1-36(2)21-12-9-19-13-24(31(37)38-29(19)14-21)28-15-23(18-7-10-20(32)11-8-18)25(16-33)30(35-28)26-17-34-27-6-4-3-5-22(26)27/h3-15,17,34H,1-2H3. The minimum Gasteiger partial charge on any atom is -0.422 e. The van der Waals surface area contributed by atoms with Crippen LogP contribution in [0.2, 0.25) is 5.02 Å². The molecule has 0 spiro atoms. The van der Waals surface area contributed by atoms with E-state index in [4.69, 9.17) is 21.0 Å². The number of pyridine rings is 1. The number of rotatable bonds is 4. The van der Waals surface area contributed by atoms with Crippen LogP contribution >= 0.6 is 11.6 Å². The van der Waals surface area contributed by atoms with E-state index in [1.165, 1.54) is 0 Å². The van der Waals surface area contributed by atoms with Crippen molar-refractivity contribution in [2.24, 2.45) is 0 Å². The van der Waals surface area contributed by atoms with Crippen molar-refractivity contribution in [2.45, 2.75) is 0 Å². The SMILES string of the molecule is CN(C)c1ccc2cc(-c3cc(-c4ccc(Cl)cc4)c(C#N)c(-c4c[nH]c5ccccc45)n3)c(=O)oc2c1. The van der Waals surface area contributed by atoms with E-state index in [9.17, 15) is 10.1 Å². The average Bonchev–Trinajstić information content (AvgIpc) is 3.36. The van der Waals surface area contributed by atoms with E-state index in [1.807, 2.05) is 79.8 Å². The number of hydrogen-bond donors (Lipinski definition) is 1. The lowest BCUT2D eigenvalue weighted by molar-refractivity contribution is 0.563. The quantitative estimate of drug-likeness (QED) is 0.249. The number of aromatic amines is 1. The number of fused-ring (bicyclic) bond motifs is 2. The normalized spacial score (nSPS) is 11.1. The van der Waals surface area contributed by atoms with E-state index in [0.29, 0.717) is 38.7 Å². The summed E-state index contributed by atoms with van der Waals surface area (Å²) in [6.45, 7) is 0. The molecule has 0 unspecified atom stereocenters. The van der Waals surface area contributed by atoms with Gasteiger partial charge in [0.2, 0.25) is 0 Å². The molecule has 0 aliphatic carbocycles. The second-order valence-electron chi connectivity index (χ2n) is 9.21. The van der Waals surface area contributed by atoms with Crippen molar-refractivity contribution in [3.63, 3.8) is 0 Å². The number of benzene rings is 3. The number of aromatic nitrogens is 2. The molecule has 0 aliphatic rings. The van der Waals surface area contributed by atoms with Crippen LogP contribution in [0.1, 0.15) is 5.56 Å². The van der Waals surface area contributed by atoms with Crippen LogP contribution in [0.25, 0.3) is 55.5 Å². The van der Waals surface area contributed by atoms with Crippen LogP contribution in [0.4, 0.5) is 5.69 Å². The van der Waals surface area contributed by atoms with E-state index >= 15 is 0 Å². The first-order valence-corrected chi connectivity index (χ1v) is 12.3. The molecule has 0 aliphatic heterocycles. The van der Waals surface area contributed by atoms with E-state index in [2.05, 4.69) is 11.1 Å². The van der Waals surface area contributed by atoms with Gasteiger partial charge in [0.15, 0.2) is 0 Å². The van der Waals surface area contributed by atoms with Gasteiger partial charge in [-0.2, -0.15) is 5.26 Å². The Morgan fingerprint density at radius 3 is 2.50 bits per heavy atom. The van der Waals surface area contributed by atoms with Gasteiger partial charge < -0.3 is 14.3 Å². The third-order valence-electron chi connectivity index (χ3n) is 6.64. The predicted octanol–water partition coefficient (Wildman–Crippen LogP) is 7.26. The van der Waals surface area contributed by atoms with Gasteiger partial charge in [-0.15, -0.1) is 0 Å². The zero-order chi connectivity index (χ0) is 26.4. The molecule has 1 N–H and O–H groups in total. The van der Waals surface area contributed by atoms with Crippen LogP contribution in [0.3, 0.4) is 0 Å². The topological polar surface area (TPSA) is 85.9 Å². The number of H-pyrrole nitrogens is 1. The summed E-state index contributed by atoms with van der Waals surface area (Å²) >= 11 is 6.15. The number of hydrogen-bond acceptors (Lipinski definition) is 5. The van der Waals surface area contributed by atoms with Crippen molar-refractivity contribution in [3.05, 3.63) is 106 Å². The highest BCUT2D eigenvalue weighted by molar-refractivity contribution is 6.30. The fourth-order valence-corrected chi connectivity index (χ4v) is 4.80. The van der Waals surface area contributed by atoms with Crippen molar-refractivity contribution in [2.75, 3.05) is 19.0 Å². The number of anilines is 1. The summed E-state index contributed by atoms with van der Waals surface area (Å²) in [5, 5.41) is 12.6. The third kappa shape index (κ3) is 4.00. The summed E-state index contributed by atoms with van der Waals surface area (Å²) in [7, 11) is 3.86. The monoisotopic (exact) mass is 516 g/mol. The zero-order valence-corrected chi connectivity index (χ0v) is 21.4. The number of para-hydroxylation sites is 1. The highest BCUT2D eigenvalue weighted by atomic mass is 35.5. The summed E-state index contributed by atoms with van der Waals surface area (Å²) < 4.78 is 5.75. The Morgan fingerprint density at radius 1 is 0.947 bits per heavy atom. The van der Waals surface area contributed by atoms with E-state index in [1.54, 1.807) is 24.3 Å². The highest BCUT2D eigenvalue weighted by Crippen LogP contribution is 2.37. The second kappa shape index (κ2) is 9.22. The van der Waals surface area contributed by atoms with Gasteiger partial charge in [0.05, 0.1) is 22.5 Å². The number of nitrogens with zero attached hydrogens (tertiary/aromatic N) is 3. The van der Waals surface area contributed by atoms with Crippen molar-refractivity contribution >= 4 is 39.2 Å². The smallest absolute Gasteiger partial charge is 0.345 e. The summed E-state index contributed by atoms with van der Waals surface area (Å²) in [6, 6.07) is 26.7. The Balaban J connectivity index is 1.65. The Morgan fingerprint density at radius 2 is 1.74 bits per heavy atom. The molecule has 0 saturated carbocycles. The lowest BCUT2D eigenvalue weighted by Gasteiger charge is -2.14. The summed E-state index contributed by atoms with van der Waals surface area (Å²) in [6.07, 6.45) is 1.84. The zero-order valence-electron chi connectivity index (χ0n) is 20.6. The molecule has 0 atom stereocenters. The molecule has 0 radical (unpaired) electrons. The largest absolute Gasteiger partial charge is 0.422 e. The molecule has 0 bridgehead atoms. The second-order valence-corrected chi connectivity index (χ2v) is 9.65. The number of nitriles is 1. The molecule has 6 aromatic rings. The Labute approximate surface area is 223 Å². The summed E-state index contributed by atoms with van der Waals surface area (Å²) in [5.74, 6) is 0. The molecule has 3 aromatic heterocycles. The maximum atomic E-state index is 13.3. The molecular weight excluding hydrogens is 496 g/mol. The van der Waals surface area contributed by atoms with Crippen molar-refractivity contribution in [1.29, 1.82) is 5.26 Å². The van der Waals surface area contributed by atoms with Gasteiger partial charge in [-0.25, -0.2) is 9.78 Å². The molecule has 0 amide bonds. The molecule has 7 heteroatoms. The van der Waals surface area contributed by atoms with Crippen LogP contribution in [0, 0.1) is 11.3 Å². The lowest BCUT2D eigenvalue weighted by atomic mass is 9.94. The van der Waals surface area contributed by atoms with Crippen molar-refractivity contribution in [1.82, 2.24) is 9.97 Å². The number of halogens is 1. The molecule has 6 rings (SSSR count). The predicted molar refractivity (Wildman–Crippen MR) is 152 cm³/mol. The molecule has 0 fully saturated rings. The Kier molecular flexibility index (Phi) is 5.71. The van der Waals surface area contributed by atoms with Gasteiger partial charge in [0.25, 0.3) is 0 Å². The third-order valence-corrected chi connectivity index (χ3v) is 6.89. The fraction of sp³-hybridized carbons (Fsp3) is 0.0645. The Bertz CT molecular complexity index is 1950. The Hall–Kier alpha value is -4.86. The van der Waals surface area contributed by atoms with Gasteiger partial charge in [-0.1, -0.05) is 41.9 Å². The fourth-order valence-electron chi connectivity index (χ4n) is 4.67. The molecule has 0 saturated heterocycles. The summed E-state index contributed by atoms with van der Waals surface area (Å²) in [5.41, 5.74) is 5.67. The maximum absolute atomic E-state index is 13.3.